The first kappa shape index (κ1) is 25.4. The third kappa shape index (κ3) is 3.92. The maximum absolute atomic E-state index is 12.7. The van der Waals surface area contributed by atoms with Crippen LogP contribution in [0, 0.1) is 0 Å². The van der Waals surface area contributed by atoms with Crippen molar-refractivity contribution in [1.29, 1.82) is 0 Å². The van der Waals surface area contributed by atoms with E-state index in [0.717, 1.165) is 44.9 Å². The third-order valence-corrected chi connectivity index (χ3v) is 8.83. The number of likely N-dealkylation sites (N-methyl/N-ethyl adjacent to an activating group) is 1. The molecule has 3 unspecified atom stereocenters. The summed E-state index contributed by atoms with van der Waals surface area (Å²) in [6.07, 6.45) is 0.488. The van der Waals surface area contributed by atoms with Crippen molar-refractivity contribution in [2.75, 3.05) is 23.8 Å². The number of imide groups is 1. The standard InChI is InChI=1S/C29H31N7O5/c1-14(2)41-28(40)30-12-22-17-9-24(37)33-18-5-4-6-21(25(17)18)36(22)13-23-31-19-7-15-10-29(11-16(15)8-20(19)32-23)26(38)34-27(39)35(29)3/h4-8,14,17,22H,9-13H2,1-3H3,(H,30,40)(H,31,32)(H,33,37)(H,34,38,39). The number of aromatic amines is 1. The topological polar surface area (TPSA) is 149 Å². The molecule has 0 saturated carbocycles. The summed E-state index contributed by atoms with van der Waals surface area (Å²) in [5.41, 5.74) is 5.64. The Kier molecular flexibility index (Phi) is 5.54. The van der Waals surface area contributed by atoms with Crippen LogP contribution in [0.25, 0.3) is 11.0 Å². The number of ether oxygens (including phenoxy) is 1. The van der Waals surface area contributed by atoms with Crippen molar-refractivity contribution in [3.8, 4) is 0 Å². The van der Waals surface area contributed by atoms with Crippen LogP contribution in [-0.2, 0) is 33.7 Å². The van der Waals surface area contributed by atoms with Gasteiger partial charge in [0.05, 0.1) is 29.7 Å². The van der Waals surface area contributed by atoms with E-state index in [1.54, 1.807) is 20.9 Å². The number of nitrogens with one attached hydrogen (secondary N) is 4. The van der Waals surface area contributed by atoms with Gasteiger partial charge in [0, 0.05) is 55.7 Å². The number of rotatable bonds is 5. The SMILES string of the molecule is CC(C)OC(=O)NCC1C2CC(=O)Nc3cccc(c32)N1Cc1nc2cc3c(cc2[nH]1)CC1(C3)C(=O)NC(=O)N1C. The largest absolute Gasteiger partial charge is 0.447 e. The van der Waals surface area contributed by atoms with Gasteiger partial charge in [0.15, 0.2) is 0 Å². The number of benzene rings is 2. The van der Waals surface area contributed by atoms with E-state index >= 15 is 0 Å². The monoisotopic (exact) mass is 557 g/mol. The predicted molar refractivity (Wildman–Crippen MR) is 150 cm³/mol. The molecule has 0 radical (unpaired) electrons. The Balaban J connectivity index is 1.18. The van der Waals surface area contributed by atoms with Crippen molar-refractivity contribution in [2.24, 2.45) is 0 Å². The molecule has 3 atom stereocenters. The van der Waals surface area contributed by atoms with Gasteiger partial charge >= 0.3 is 12.1 Å². The van der Waals surface area contributed by atoms with Gasteiger partial charge in [-0.25, -0.2) is 14.6 Å². The molecular weight excluding hydrogens is 526 g/mol. The lowest BCUT2D eigenvalue weighted by Crippen LogP contribution is -2.48. The van der Waals surface area contributed by atoms with Crippen molar-refractivity contribution < 1.29 is 23.9 Å². The molecule has 0 bridgehead atoms. The van der Waals surface area contributed by atoms with Crippen molar-refractivity contribution in [2.45, 2.75) is 63.3 Å². The second-order valence-corrected chi connectivity index (χ2v) is 11.7. The van der Waals surface area contributed by atoms with E-state index in [4.69, 9.17) is 9.72 Å². The summed E-state index contributed by atoms with van der Waals surface area (Å²) in [6.45, 7) is 4.34. The van der Waals surface area contributed by atoms with Crippen molar-refractivity contribution in [3.63, 3.8) is 0 Å². The first-order chi connectivity index (χ1) is 19.6. The zero-order chi connectivity index (χ0) is 28.6. The Bertz CT molecular complexity index is 1600. The minimum Gasteiger partial charge on any atom is -0.447 e. The molecule has 12 heteroatoms. The number of amides is 5. The molecule has 1 aliphatic carbocycles. The Morgan fingerprint density at radius 3 is 2.68 bits per heavy atom. The maximum Gasteiger partial charge on any atom is 0.407 e. The summed E-state index contributed by atoms with van der Waals surface area (Å²) in [5.74, 6) is 0.350. The number of fused-ring (bicyclic) bond motifs is 2. The van der Waals surface area contributed by atoms with Crippen LogP contribution in [0.2, 0.25) is 0 Å². The second-order valence-electron chi connectivity index (χ2n) is 11.7. The molecule has 3 aromatic rings. The zero-order valence-electron chi connectivity index (χ0n) is 23.0. The van der Waals surface area contributed by atoms with Gasteiger partial charge in [0.2, 0.25) is 5.91 Å². The van der Waals surface area contributed by atoms with Crippen LogP contribution in [0.1, 0.15) is 48.7 Å². The first-order valence-electron chi connectivity index (χ1n) is 13.9. The zero-order valence-corrected chi connectivity index (χ0v) is 23.0. The Morgan fingerprint density at radius 1 is 1.17 bits per heavy atom. The number of urea groups is 1. The van der Waals surface area contributed by atoms with Crippen molar-refractivity contribution in [1.82, 2.24) is 25.5 Å². The summed E-state index contributed by atoms with van der Waals surface area (Å²) < 4.78 is 5.29. The molecule has 5 amide bonds. The average molecular weight is 558 g/mol. The number of H-pyrrole nitrogens is 1. The highest BCUT2D eigenvalue weighted by Crippen LogP contribution is 2.49. The Hall–Kier alpha value is -4.61. The molecule has 1 spiro atoms. The van der Waals surface area contributed by atoms with Crippen LogP contribution < -0.4 is 20.9 Å². The molecule has 1 fully saturated rings. The average Bonchev–Trinajstić information content (AvgIpc) is 3.61. The van der Waals surface area contributed by atoms with E-state index < -0.39 is 11.6 Å². The highest BCUT2D eigenvalue weighted by molar-refractivity contribution is 6.08. The number of hydrogen-bond donors (Lipinski definition) is 4. The van der Waals surface area contributed by atoms with E-state index in [0.29, 0.717) is 32.4 Å². The lowest BCUT2D eigenvalue weighted by Gasteiger charge is -2.30. The third-order valence-electron chi connectivity index (χ3n) is 8.83. The highest BCUT2D eigenvalue weighted by Gasteiger charge is 2.54. The molecule has 4 aliphatic rings. The van der Waals surface area contributed by atoms with Gasteiger partial charge in [-0.1, -0.05) is 6.07 Å². The molecular formula is C29H31N7O5. The molecule has 1 aromatic heterocycles. The molecule has 12 nitrogen and oxygen atoms in total. The molecule has 2 aromatic carbocycles. The lowest BCUT2D eigenvalue weighted by atomic mass is 9.87. The quantitative estimate of drug-likeness (QED) is 0.352. The number of imidazole rings is 1. The number of anilines is 2. The number of nitrogens with zero attached hydrogens (tertiary/aromatic N) is 3. The summed E-state index contributed by atoms with van der Waals surface area (Å²) >= 11 is 0. The van der Waals surface area contributed by atoms with Gasteiger partial charge in [0.25, 0.3) is 5.91 Å². The molecule has 7 rings (SSSR count). The number of carbonyl (C=O) groups is 4. The van der Waals surface area contributed by atoms with Crippen LogP contribution >= 0.6 is 0 Å². The second kappa shape index (κ2) is 8.95. The van der Waals surface area contributed by atoms with Gasteiger partial charge in [-0.15, -0.1) is 0 Å². The fourth-order valence-corrected chi connectivity index (χ4v) is 6.93. The first-order valence-corrected chi connectivity index (χ1v) is 13.9. The van der Waals surface area contributed by atoms with Gasteiger partial charge in [-0.05, 0) is 49.2 Å². The van der Waals surface area contributed by atoms with E-state index in [2.05, 4.69) is 25.8 Å². The minimum absolute atomic E-state index is 0.0458. The number of alkyl carbamates (subject to hydrolysis) is 1. The fourth-order valence-electron chi connectivity index (χ4n) is 6.93. The van der Waals surface area contributed by atoms with E-state index in [1.165, 1.54) is 4.90 Å². The number of carbonyl (C=O) groups excluding carboxylic acids is 4. The summed E-state index contributed by atoms with van der Waals surface area (Å²) in [5, 5.41) is 8.32. The van der Waals surface area contributed by atoms with Gasteiger partial charge in [-0.3, -0.25) is 14.9 Å². The van der Waals surface area contributed by atoms with E-state index in [-0.39, 0.29) is 35.9 Å². The normalized spacial score (nSPS) is 21.9. The lowest BCUT2D eigenvalue weighted by molar-refractivity contribution is -0.125. The molecule has 1 saturated heterocycles. The van der Waals surface area contributed by atoms with Crippen LogP contribution in [0.5, 0.6) is 0 Å². The van der Waals surface area contributed by atoms with Gasteiger partial charge < -0.3 is 30.2 Å². The number of aromatic nitrogens is 2. The molecule has 4 heterocycles. The van der Waals surface area contributed by atoms with Gasteiger partial charge in [-0.2, -0.15) is 0 Å². The van der Waals surface area contributed by atoms with Crippen molar-refractivity contribution >= 4 is 46.3 Å². The molecule has 41 heavy (non-hydrogen) atoms. The van der Waals surface area contributed by atoms with E-state index in [9.17, 15) is 19.2 Å². The Morgan fingerprint density at radius 2 is 1.95 bits per heavy atom. The maximum atomic E-state index is 12.7. The predicted octanol–water partition coefficient (Wildman–Crippen LogP) is 2.53. The van der Waals surface area contributed by atoms with Crippen LogP contribution in [-0.4, -0.2) is 70.1 Å². The van der Waals surface area contributed by atoms with Gasteiger partial charge in [0.1, 0.15) is 11.4 Å². The summed E-state index contributed by atoms with van der Waals surface area (Å²) in [4.78, 5) is 61.8. The Labute approximate surface area is 235 Å². The van der Waals surface area contributed by atoms with Crippen LogP contribution in [0.15, 0.2) is 30.3 Å². The van der Waals surface area contributed by atoms with E-state index in [1.807, 2.05) is 30.3 Å². The van der Waals surface area contributed by atoms with Crippen LogP contribution in [0.3, 0.4) is 0 Å². The molecule has 4 N–H and O–H groups in total. The molecule has 212 valence electrons. The van der Waals surface area contributed by atoms with Crippen LogP contribution in [0.4, 0.5) is 21.0 Å². The minimum atomic E-state index is -0.887. The fraction of sp³-hybridized carbons (Fsp3) is 0.414. The highest BCUT2D eigenvalue weighted by atomic mass is 16.6. The molecule has 3 aliphatic heterocycles. The summed E-state index contributed by atoms with van der Waals surface area (Å²) in [7, 11) is 1.66. The smallest absolute Gasteiger partial charge is 0.407 e. The summed E-state index contributed by atoms with van der Waals surface area (Å²) in [6, 6.07) is 9.35. The van der Waals surface area contributed by atoms with Crippen molar-refractivity contribution in [3.05, 3.63) is 52.8 Å². The number of hydrogen-bond acceptors (Lipinski definition) is 7.